The topological polar surface area (TPSA) is 64.3 Å². The lowest BCUT2D eigenvalue weighted by Gasteiger charge is -2.26. The van der Waals surface area contributed by atoms with Gasteiger partial charge in [0.1, 0.15) is 0 Å². The zero-order valence-electron chi connectivity index (χ0n) is 8.08. The normalized spacial score (nSPS) is 28.2. The van der Waals surface area contributed by atoms with Crippen molar-refractivity contribution < 1.29 is 9.53 Å². The Kier molecular flexibility index (Phi) is 4.02. The van der Waals surface area contributed by atoms with E-state index in [0.29, 0.717) is 18.5 Å². The highest BCUT2D eigenvalue weighted by Gasteiger charge is 2.19. The van der Waals surface area contributed by atoms with Crippen molar-refractivity contribution in [1.82, 2.24) is 5.32 Å². The van der Waals surface area contributed by atoms with E-state index in [1.165, 1.54) is 13.5 Å². The maximum atomic E-state index is 10.8. The van der Waals surface area contributed by atoms with Crippen LogP contribution in [0.2, 0.25) is 0 Å². The molecular weight excluding hydrogens is 168 g/mol. The number of amides is 1. The molecule has 1 rings (SSSR count). The maximum absolute atomic E-state index is 10.8. The number of rotatable bonds is 2. The second kappa shape index (κ2) is 5.07. The van der Waals surface area contributed by atoms with Crippen molar-refractivity contribution in [2.75, 3.05) is 13.7 Å². The van der Waals surface area contributed by atoms with E-state index in [2.05, 4.69) is 10.1 Å². The molecule has 2 unspecified atom stereocenters. The molecule has 0 radical (unpaired) electrons. The van der Waals surface area contributed by atoms with E-state index in [1.54, 1.807) is 0 Å². The summed E-state index contributed by atoms with van der Waals surface area (Å²) in [6.07, 6.45) is 4.13. The van der Waals surface area contributed by atoms with Gasteiger partial charge in [0.15, 0.2) is 0 Å². The molecular formula is C9H18N2O2. The fourth-order valence-electron chi connectivity index (χ4n) is 1.82. The zero-order valence-corrected chi connectivity index (χ0v) is 8.08. The Morgan fingerprint density at radius 2 is 2.38 bits per heavy atom. The highest BCUT2D eigenvalue weighted by molar-refractivity contribution is 5.66. The van der Waals surface area contributed by atoms with Crippen LogP contribution in [0, 0.1) is 5.92 Å². The Balaban J connectivity index is 2.17. The predicted molar refractivity (Wildman–Crippen MR) is 50.3 cm³/mol. The summed E-state index contributed by atoms with van der Waals surface area (Å²) in [4.78, 5) is 10.8. The number of methoxy groups -OCH3 is 1. The van der Waals surface area contributed by atoms with Crippen LogP contribution >= 0.6 is 0 Å². The monoisotopic (exact) mass is 186 g/mol. The molecule has 1 aliphatic rings. The molecule has 0 aliphatic heterocycles. The SMILES string of the molecule is COC(=O)NCC1CCCC(N)C1. The first kappa shape index (κ1) is 10.3. The molecule has 1 fully saturated rings. The molecule has 1 saturated carbocycles. The van der Waals surface area contributed by atoms with Crippen molar-refractivity contribution in [1.29, 1.82) is 0 Å². The van der Waals surface area contributed by atoms with Crippen molar-refractivity contribution in [3.8, 4) is 0 Å². The third-order valence-corrected chi connectivity index (χ3v) is 2.54. The van der Waals surface area contributed by atoms with Gasteiger partial charge in [-0.05, 0) is 25.2 Å². The second-order valence-corrected chi connectivity index (χ2v) is 3.67. The summed E-state index contributed by atoms with van der Waals surface area (Å²) in [5, 5.41) is 2.71. The molecule has 2 atom stereocenters. The van der Waals surface area contributed by atoms with Gasteiger partial charge < -0.3 is 15.8 Å². The maximum Gasteiger partial charge on any atom is 0.406 e. The predicted octanol–water partition coefficient (Wildman–Crippen LogP) is 0.860. The summed E-state index contributed by atoms with van der Waals surface area (Å²) >= 11 is 0. The first-order valence-corrected chi connectivity index (χ1v) is 4.79. The van der Waals surface area contributed by atoms with Gasteiger partial charge in [0.2, 0.25) is 0 Å². The van der Waals surface area contributed by atoms with Crippen LogP contribution in [-0.2, 0) is 4.74 Å². The zero-order chi connectivity index (χ0) is 9.68. The number of nitrogens with two attached hydrogens (primary N) is 1. The molecule has 0 bridgehead atoms. The highest BCUT2D eigenvalue weighted by Crippen LogP contribution is 2.22. The van der Waals surface area contributed by atoms with Gasteiger partial charge in [0, 0.05) is 12.6 Å². The number of carbonyl (C=O) groups is 1. The third kappa shape index (κ3) is 3.63. The average Bonchev–Trinajstić information content (AvgIpc) is 2.14. The molecule has 1 aliphatic carbocycles. The summed E-state index contributed by atoms with van der Waals surface area (Å²) in [6, 6.07) is 0.318. The van der Waals surface area contributed by atoms with E-state index in [4.69, 9.17) is 5.73 Å². The first-order chi connectivity index (χ1) is 6.22. The lowest BCUT2D eigenvalue weighted by molar-refractivity contribution is 0.167. The van der Waals surface area contributed by atoms with Gasteiger partial charge in [0.25, 0.3) is 0 Å². The van der Waals surface area contributed by atoms with E-state index in [0.717, 1.165) is 19.3 Å². The summed E-state index contributed by atoms with van der Waals surface area (Å²) < 4.78 is 4.49. The van der Waals surface area contributed by atoms with Gasteiger partial charge in [-0.25, -0.2) is 4.79 Å². The van der Waals surface area contributed by atoms with Crippen molar-refractivity contribution in [3.63, 3.8) is 0 Å². The van der Waals surface area contributed by atoms with Gasteiger partial charge in [0.05, 0.1) is 7.11 Å². The summed E-state index contributed by atoms with van der Waals surface area (Å²) in [5.74, 6) is 0.530. The van der Waals surface area contributed by atoms with Gasteiger partial charge in [-0.3, -0.25) is 0 Å². The number of carbonyl (C=O) groups excluding carboxylic acids is 1. The minimum absolute atomic E-state index is 0.318. The van der Waals surface area contributed by atoms with E-state index in [9.17, 15) is 4.79 Å². The van der Waals surface area contributed by atoms with Gasteiger partial charge >= 0.3 is 6.09 Å². The Morgan fingerprint density at radius 3 is 3.00 bits per heavy atom. The second-order valence-electron chi connectivity index (χ2n) is 3.67. The Morgan fingerprint density at radius 1 is 1.62 bits per heavy atom. The standard InChI is InChI=1S/C9H18N2O2/c1-13-9(12)11-6-7-3-2-4-8(10)5-7/h7-8H,2-6,10H2,1H3,(H,11,12). The average molecular weight is 186 g/mol. The van der Waals surface area contributed by atoms with Crippen LogP contribution in [-0.4, -0.2) is 25.8 Å². The van der Waals surface area contributed by atoms with E-state index in [1.807, 2.05) is 0 Å². The number of alkyl carbamates (subject to hydrolysis) is 1. The number of hydrogen-bond acceptors (Lipinski definition) is 3. The van der Waals surface area contributed by atoms with Crippen molar-refractivity contribution >= 4 is 6.09 Å². The smallest absolute Gasteiger partial charge is 0.406 e. The molecule has 13 heavy (non-hydrogen) atoms. The van der Waals surface area contributed by atoms with Crippen LogP contribution < -0.4 is 11.1 Å². The number of hydrogen-bond donors (Lipinski definition) is 2. The van der Waals surface area contributed by atoms with Crippen LogP contribution in [0.3, 0.4) is 0 Å². The summed E-state index contributed by atoms with van der Waals surface area (Å²) in [5.41, 5.74) is 5.82. The van der Waals surface area contributed by atoms with Gasteiger partial charge in [-0.2, -0.15) is 0 Å². The molecule has 0 spiro atoms. The number of nitrogens with one attached hydrogen (secondary N) is 1. The fraction of sp³-hybridized carbons (Fsp3) is 0.889. The Hall–Kier alpha value is -0.770. The Bertz CT molecular complexity index is 173. The van der Waals surface area contributed by atoms with Crippen molar-refractivity contribution in [2.24, 2.45) is 11.7 Å². The largest absolute Gasteiger partial charge is 0.453 e. The summed E-state index contributed by atoms with van der Waals surface area (Å²) in [6.45, 7) is 0.695. The third-order valence-electron chi connectivity index (χ3n) is 2.54. The van der Waals surface area contributed by atoms with E-state index in [-0.39, 0.29) is 6.09 Å². The molecule has 4 heteroatoms. The quantitative estimate of drug-likeness (QED) is 0.672. The molecule has 4 nitrogen and oxygen atoms in total. The molecule has 0 aromatic rings. The summed E-state index contributed by atoms with van der Waals surface area (Å²) in [7, 11) is 1.38. The van der Waals surface area contributed by atoms with Crippen molar-refractivity contribution in [2.45, 2.75) is 31.7 Å². The fourth-order valence-corrected chi connectivity index (χ4v) is 1.82. The molecule has 0 saturated heterocycles. The number of ether oxygens (including phenoxy) is 1. The molecule has 3 N–H and O–H groups in total. The lowest BCUT2D eigenvalue weighted by atomic mass is 9.86. The van der Waals surface area contributed by atoms with E-state index < -0.39 is 0 Å². The van der Waals surface area contributed by atoms with E-state index >= 15 is 0 Å². The molecule has 0 heterocycles. The van der Waals surface area contributed by atoms with Crippen LogP contribution in [0.5, 0.6) is 0 Å². The van der Waals surface area contributed by atoms with Gasteiger partial charge in [-0.15, -0.1) is 0 Å². The van der Waals surface area contributed by atoms with Crippen LogP contribution in [0.4, 0.5) is 4.79 Å². The van der Waals surface area contributed by atoms with Gasteiger partial charge in [-0.1, -0.05) is 6.42 Å². The van der Waals surface area contributed by atoms with Crippen LogP contribution in [0.15, 0.2) is 0 Å². The highest BCUT2D eigenvalue weighted by atomic mass is 16.5. The first-order valence-electron chi connectivity index (χ1n) is 4.79. The van der Waals surface area contributed by atoms with Crippen molar-refractivity contribution in [3.05, 3.63) is 0 Å². The Labute approximate surface area is 78.8 Å². The lowest BCUT2D eigenvalue weighted by Crippen LogP contribution is -2.35. The molecule has 1 amide bonds. The minimum Gasteiger partial charge on any atom is -0.453 e. The van der Waals surface area contributed by atoms with Crippen LogP contribution in [0.25, 0.3) is 0 Å². The van der Waals surface area contributed by atoms with Crippen LogP contribution in [0.1, 0.15) is 25.7 Å². The minimum atomic E-state index is -0.348. The molecule has 0 aromatic heterocycles. The molecule has 76 valence electrons. The molecule has 0 aromatic carbocycles.